The van der Waals surface area contributed by atoms with Crippen LogP contribution in [0.5, 0.6) is 0 Å². The van der Waals surface area contributed by atoms with Crippen LogP contribution >= 0.6 is 23.1 Å². The molecule has 31 heavy (non-hydrogen) atoms. The summed E-state index contributed by atoms with van der Waals surface area (Å²) >= 11 is 2.98. The standard InChI is InChI=1S/C22H24N6OS2/c1-6-17-9-7-8-10-19(17)27(16(5)29)22-24-18(12-31-22)11-30-21-25-20-23-14(3)13(2)15(4)28(20)26-21/h7-10,12H,6,11H2,1-5H3. The molecule has 1 aromatic carbocycles. The van der Waals surface area contributed by atoms with Crippen LogP contribution in [0.1, 0.15) is 42.1 Å². The molecule has 7 nitrogen and oxygen atoms in total. The molecular formula is C22H24N6OS2. The van der Waals surface area contributed by atoms with E-state index in [4.69, 9.17) is 4.98 Å². The normalized spacial score (nSPS) is 11.3. The number of hydrogen-bond donors (Lipinski definition) is 0. The van der Waals surface area contributed by atoms with E-state index >= 15 is 0 Å². The van der Waals surface area contributed by atoms with E-state index in [-0.39, 0.29) is 5.91 Å². The first-order valence-corrected chi connectivity index (χ1v) is 11.9. The van der Waals surface area contributed by atoms with Gasteiger partial charge < -0.3 is 0 Å². The van der Waals surface area contributed by atoms with Gasteiger partial charge in [0.2, 0.25) is 11.1 Å². The lowest BCUT2D eigenvalue weighted by Crippen LogP contribution is -2.23. The van der Waals surface area contributed by atoms with E-state index in [1.165, 1.54) is 23.1 Å². The van der Waals surface area contributed by atoms with Crippen LogP contribution in [0.3, 0.4) is 0 Å². The summed E-state index contributed by atoms with van der Waals surface area (Å²) in [5.74, 6) is 1.18. The van der Waals surface area contributed by atoms with Crippen LogP contribution in [0.25, 0.3) is 5.78 Å². The minimum atomic E-state index is -0.0521. The Kier molecular flexibility index (Phi) is 6.06. The summed E-state index contributed by atoms with van der Waals surface area (Å²) in [5, 5.41) is 7.91. The van der Waals surface area contributed by atoms with Gasteiger partial charge in [-0.15, -0.1) is 16.4 Å². The number of rotatable bonds is 6. The van der Waals surface area contributed by atoms with Crippen molar-refractivity contribution in [3.63, 3.8) is 0 Å². The highest BCUT2D eigenvalue weighted by atomic mass is 32.2. The molecule has 1 amide bonds. The molecule has 0 saturated carbocycles. The summed E-state index contributed by atoms with van der Waals surface area (Å²) in [6.45, 7) is 9.71. The molecule has 0 saturated heterocycles. The van der Waals surface area contributed by atoms with Crippen LogP contribution in [0.2, 0.25) is 0 Å². The van der Waals surface area contributed by atoms with Crippen molar-refractivity contribution in [2.75, 3.05) is 4.90 Å². The average Bonchev–Trinajstić information content (AvgIpc) is 3.38. The molecule has 0 bridgehead atoms. The molecule has 3 heterocycles. The first-order valence-electron chi connectivity index (χ1n) is 10.1. The number of carbonyl (C=O) groups is 1. The average molecular weight is 453 g/mol. The first kappa shape index (κ1) is 21.5. The lowest BCUT2D eigenvalue weighted by atomic mass is 10.1. The van der Waals surface area contributed by atoms with E-state index in [1.807, 2.05) is 50.4 Å². The number of thiazole rings is 1. The number of para-hydroxylation sites is 1. The van der Waals surface area contributed by atoms with Crippen molar-refractivity contribution >= 4 is 45.6 Å². The number of thioether (sulfide) groups is 1. The number of anilines is 2. The van der Waals surface area contributed by atoms with Crippen molar-refractivity contribution < 1.29 is 4.79 Å². The molecule has 0 aliphatic heterocycles. The van der Waals surface area contributed by atoms with Gasteiger partial charge in [-0.25, -0.2) is 14.5 Å². The topological polar surface area (TPSA) is 76.3 Å². The van der Waals surface area contributed by atoms with Gasteiger partial charge in [-0.2, -0.15) is 4.98 Å². The van der Waals surface area contributed by atoms with Crippen molar-refractivity contribution in [1.29, 1.82) is 0 Å². The predicted octanol–water partition coefficient (Wildman–Crippen LogP) is 5.05. The summed E-state index contributed by atoms with van der Waals surface area (Å²) in [7, 11) is 0. The summed E-state index contributed by atoms with van der Waals surface area (Å²) in [5.41, 5.74) is 6.03. The zero-order valence-electron chi connectivity index (χ0n) is 18.2. The fraction of sp³-hybridized carbons (Fsp3) is 0.318. The van der Waals surface area contributed by atoms with Crippen LogP contribution in [-0.4, -0.2) is 30.5 Å². The quantitative estimate of drug-likeness (QED) is 0.381. The molecule has 160 valence electrons. The fourth-order valence-corrected chi connectivity index (χ4v) is 5.03. The zero-order valence-corrected chi connectivity index (χ0v) is 19.8. The molecule has 0 aliphatic carbocycles. The summed E-state index contributed by atoms with van der Waals surface area (Å²) in [6, 6.07) is 7.95. The van der Waals surface area contributed by atoms with E-state index in [9.17, 15) is 4.79 Å². The molecule has 4 rings (SSSR count). The Morgan fingerprint density at radius 1 is 1.16 bits per heavy atom. The van der Waals surface area contributed by atoms with Crippen molar-refractivity contribution in [3.8, 4) is 0 Å². The highest BCUT2D eigenvalue weighted by Gasteiger charge is 2.20. The Balaban J connectivity index is 1.55. The van der Waals surface area contributed by atoms with Gasteiger partial charge in [0.25, 0.3) is 5.78 Å². The minimum absolute atomic E-state index is 0.0521. The monoisotopic (exact) mass is 452 g/mol. The SMILES string of the molecule is CCc1ccccc1N(C(C)=O)c1nc(CSc2nc3nc(C)c(C)c(C)n3n2)cs1. The Morgan fingerprint density at radius 2 is 1.94 bits per heavy atom. The van der Waals surface area contributed by atoms with E-state index in [2.05, 4.69) is 22.0 Å². The number of hydrogen-bond acceptors (Lipinski definition) is 7. The fourth-order valence-electron chi connectivity index (χ4n) is 3.34. The highest BCUT2D eigenvalue weighted by Crippen LogP contribution is 2.33. The van der Waals surface area contributed by atoms with Gasteiger partial charge in [0, 0.05) is 29.4 Å². The largest absolute Gasteiger partial charge is 0.274 e. The van der Waals surface area contributed by atoms with Gasteiger partial charge in [0.15, 0.2) is 5.13 Å². The lowest BCUT2D eigenvalue weighted by Gasteiger charge is -2.20. The Morgan fingerprint density at radius 3 is 2.68 bits per heavy atom. The van der Waals surface area contributed by atoms with Gasteiger partial charge in [-0.05, 0) is 44.4 Å². The maximum atomic E-state index is 12.4. The second-order valence-corrected chi connectivity index (χ2v) is 9.04. The molecule has 3 aromatic heterocycles. The van der Waals surface area contributed by atoms with Gasteiger partial charge in [-0.1, -0.05) is 36.9 Å². The molecular weight excluding hydrogens is 428 g/mol. The van der Waals surface area contributed by atoms with E-state index in [0.717, 1.165) is 40.3 Å². The summed E-state index contributed by atoms with van der Waals surface area (Å²) in [6.07, 6.45) is 0.847. The van der Waals surface area contributed by atoms with Crippen molar-refractivity contribution in [3.05, 3.63) is 57.9 Å². The highest BCUT2D eigenvalue weighted by molar-refractivity contribution is 7.98. The molecule has 0 spiro atoms. The molecule has 0 radical (unpaired) electrons. The molecule has 0 unspecified atom stereocenters. The summed E-state index contributed by atoms with van der Waals surface area (Å²) < 4.78 is 1.79. The van der Waals surface area contributed by atoms with E-state index < -0.39 is 0 Å². The molecule has 9 heteroatoms. The first-order chi connectivity index (χ1) is 14.9. The number of benzene rings is 1. The minimum Gasteiger partial charge on any atom is -0.274 e. The smallest absolute Gasteiger partial charge is 0.253 e. The number of carbonyl (C=O) groups excluding carboxylic acids is 1. The predicted molar refractivity (Wildman–Crippen MR) is 125 cm³/mol. The number of aromatic nitrogens is 5. The second kappa shape index (κ2) is 8.76. The maximum absolute atomic E-state index is 12.4. The van der Waals surface area contributed by atoms with Crippen LogP contribution in [-0.2, 0) is 17.0 Å². The summed E-state index contributed by atoms with van der Waals surface area (Å²) in [4.78, 5) is 27.9. The molecule has 0 N–H and O–H groups in total. The van der Waals surface area contributed by atoms with Crippen molar-refractivity contribution in [2.45, 2.75) is 51.9 Å². The van der Waals surface area contributed by atoms with E-state index in [1.54, 1.807) is 16.3 Å². The molecule has 0 aliphatic rings. The number of nitrogens with zero attached hydrogens (tertiary/aromatic N) is 6. The zero-order chi connectivity index (χ0) is 22.1. The van der Waals surface area contributed by atoms with Gasteiger partial charge >= 0.3 is 0 Å². The van der Waals surface area contributed by atoms with Crippen LogP contribution in [0, 0.1) is 20.8 Å². The Labute approximate surface area is 189 Å². The maximum Gasteiger partial charge on any atom is 0.253 e. The lowest BCUT2D eigenvalue weighted by molar-refractivity contribution is -0.115. The van der Waals surface area contributed by atoms with Gasteiger partial charge in [0.05, 0.1) is 11.4 Å². The molecule has 4 aromatic rings. The van der Waals surface area contributed by atoms with Crippen molar-refractivity contribution in [2.24, 2.45) is 0 Å². The third-order valence-electron chi connectivity index (χ3n) is 5.25. The molecule has 0 fully saturated rings. The Hall–Kier alpha value is -2.78. The van der Waals surface area contributed by atoms with Gasteiger partial charge in [-0.3, -0.25) is 9.69 Å². The second-order valence-electron chi connectivity index (χ2n) is 7.26. The van der Waals surface area contributed by atoms with Crippen molar-refractivity contribution in [1.82, 2.24) is 24.6 Å². The Bertz CT molecular complexity index is 1260. The number of fused-ring (bicyclic) bond motifs is 1. The third-order valence-corrected chi connectivity index (χ3v) is 7.00. The molecule has 0 atom stereocenters. The number of aryl methyl sites for hydroxylation is 3. The van der Waals surface area contributed by atoms with E-state index in [0.29, 0.717) is 21.8 Å². The van der Waals surface area contributed by atoms with Crippen LogP contribution in [0.15, 0.2) is 34.8 Å². The number of amides is 1. The van der Waals surface area contributed by atoms with Crippen LogP contribution < -0.4 is 4.90 Å². The third kappa shape index (κ3) is 4.20. The van der Waals surface area contributed by atoms with Gasteiger partial charge in [0.1, 0.15) is 0 Å². The van der Waals surface area contributed by atoms with Crippen LogP contribution in [0.4, 0.5) is 10.8 Å².